The summed E-state index contributed by atoms with van der Waals surface area (Å²) in [6.45, 7) is 2.72. The number of para-hydroxylation sites is 1. The average Bonchev–Trinajstić information content (AvgIpc) is 2.53. The van der Waals surface area contributed by atoms with Crippen molar-refractivity contribution in [3.63, 3.8) is 0 Å². The molecule has 0 aromatic heterocycles. The second kappa shape index (κ2) is 7.52. The summed E-state index contributed by atoms with van der Waals surface area (Å²) in [5.74, 6) is 1.12. The van der Waals surface area contributed by atoms with Gasteiger partial charge in [-0.1, -0.05) is 12.5 Å². The molecule has 1 aromatic rings. The number of fused-ring (bicyclic) bond motifs is 1. The number of benzene rings is 1. The maximum absolute atomic E-state index is 12.3. The topological polar surface area (TPSA) is 59.6 Å². The molecule has 6 heteroatoms. The summed E-state index contributed by atoms with van der Waals surface area (Å²) in [5.41, 5.74) is 0.554. The van der Waals surface area contributed by atoms with Crippen molar-refractivity contribution in [3.05, 3.63) is 23.8 Å². The number of amides is 1. The first kappa shape index (κ1) is 15.9. The quantitative estimate of drug-likeness (QED) is 0.893. The summed E-state index contributed by atoms with van der Waals surface area (Å²) >= 11 is 0. The van der Waals surface area contributed by atoms with Gasteiger partial charge in [-0.3, -0.25) is 4.79 Å². The van der Waals surface area contributed by atoms with Crippen LogP contribution in [0.2, 0.25) is 0 Å². The summed E-state index contributed by atoms with van der Waals surface area (Å²) in [6, 6.07) is 5.80. The van der Waals surface area contributed by atoms with Crippen LogP contribution in [0.1, 0.15) is 29.6 Å². The zero-order valence-corrected chi connectivity index (χ0v) is 12.7. The van der Waals surface area contributed by atoms with Crippen LogP contribution in [0.15, 0.2) is 18.2 Å². The highest BCUT2D eigenvalue weighted by Crippen LogP contribution is 2.33. The van der Waals surface area contributed by atoms with Crippen molar-refractivity contribution in [2.24, 2.45) is 0 Å². The van der Waals surface area contributed by atoms with Gasteiger partial charge in [-0.2, -0.15) is 0 Å². The minimum atomic E-state index is -0.0975. The Hall–Kier alpha value is -1.46. The van der Waals surface area contributed by atoms with Crippen LogP contribution in [0.4, 0.5) is 0 Å². The second-order valence-corrected chi connectivity index (χ2v) is 5.19. The molecule has 2 N–H and O–H groups in total. The van der Waals surface area contributed by atoms with E-state index < -0.39 is 0 Å². The maximum Gasteiger partial charge on any atom is 0.255 e. The van der Waals surface area contributed by atoms with E-state index >= 15 is 0 Å². The van der Waals surface area contributed by atoms with E-state index in [4.69, 9.17) is 9.47 Å². The van der Waals surface area contributed by atoms with E-state index in [1.807, 2.05) is 12.1 Å². The molecule has 2 heterocycles. The molecule has 21 heavy (non-hydrogen) atoms. The van der Waals surface area contributed by atoms with Gasteiger partial charge in [-0.15, -0.1) is 12.4 Å². The molecule has 2 aliphatic heterocycles. The standard InChI is InChI=1S/C15H20N2O3.ClH/c18-15(17-10-11-4-1-2-7-16-11)12-5-3-6-13-14(12)20-9-8-19-13;/h3,5-6,11,16H,1-2,4,7-10H2,(H,17,18);1H. The number of piperidine rings is 1. The first-order valence-electron chi connectivity index (χ1n) is 7.25. The van der Waals surface area contributed by atoms with Crippen LogP contribution in [0.3, 0.4) is 0 Å². The Kier molecular flexibility index (Phi) is 5.70. The van der Waals surface area contributed by atoms with Crippen LogP contribution in [0.5, 0.6) is 11.5 Å². The fraction of sp³-hybridized carbons (Fsp3) is 0.533. The van der Waals surface area contributed by atoms with Crippen molar-refractivity contribution in [2.45, 2.75) is 25.3 Å². The zero-order chi connectivity index (χ0) is 13.8. The van der Waals surface area contributed by atoms with Crippen molar-refractivity contribution < 1.29 is 14.3 Å². The van der Waals surface area contributed by atoms with E-state index in [1.54, 1.807) is 6.07 Å². The van der Waals surface area contributed by atoms with Gasteiger partial charge in [0.15, 0.2) is 11.5 Å². The maximum atomic E-state index is 12.3. The van der Waals surface area contributed by atoms with Gasteiger partial charge in [-0.05, 0) is 31.5 Å². The molecular weight excluding hydrogens is 292 g/mol. The van der Waals surface area contributed by atoms with E-state index in [2.05, 4.69) is 10.6 Å². The number of hydrogen-bond donors (Lipinski definition) is 2. The van der Waals surface area contributed by atoms with Crippen LogP contribution < -0.4 is 20.1 Å². The summed E-state index contributed by atoms with van der Waals surface area (Å²) in [4.78, 5) is 12.3. The van der Waals surface area contributed by atoms with Crippen LogP contribution in [0, 0.1) is 0 Å². The zero-order valence-electron chi connectivity index (χ0n) is 11.9. The van der Waals surface area contributed by atoms with Crippen LogP contribution >= 0.6 is 12.4 Å². The Morgan fingerprint density at radius 3 is 2.95 bits per heavy atom. The lowest BCUT2D eigenvalue weighted by molar-refractivity contribution is 0.0936. The van der Waals surface area contributed by atoms with Crippen molar-refractivity contribution in [3.8, 4) is 11.5 Å². The molecule has 0 radical (unpaired) electrons. The first-order chi connectivity index (χ1) is 9.84. The molecule has 5 nitrogen and oxygen atoms in total. The molecule has 1 saturated heterocycles. The monoisotopic (exact) mass is 312 g/mol. The third-order valence-electron chi connectivity index (χ3n) is 3.73. The highest BCUT2D eigenvalue weighted by atomic mass is 35.5. The predicted octanol–water partition coefficient (Wildman–Crippen LogP) is 1.75. The summed E-state index contributed by atoms with van der Waals surface area (Å²) in [5, 5.41) is 6.40. The first-order valence-corrected chi connectivity index (χ1v) is 7.25. The number of hydrogen-bond acceptors (Lipinski definition) is 4. The fourth-order valence-corrected chi connectivity index (χ4v) is 2.66. The molecule has 0 bridgehead atoms. The number of nitrogens with one attached hydrogen (secondary N) is 2. The largest absolute Gasteiger partial charge is 0.486 e. The summed E-state index contributed by atoms with van der Waals surface area (Å²) in [6.07, 6.45) is 3.57. The van der Waals surface area contributed by atoms with Gasteiger partial charge in [0.1, 0.15) is 13.2 Å². The fourth-order valence-electron chi connectivity index (χ4n) is 2.66. The highest BCUT2D eigenvalue weighted by Gasteiger charge is 2.21. The van der Waals surface area contributed by atoms with Crippen LogP contribution in [-0.2, 0) is 0 Å². The minimum Gasteiger partial charge on any atom is -0.486 e. The smallest absolute Gasteiger partial charge is 0.255 e. The Balaban J connectivity index is 0.00000161. The molecule has 2 aliphatic rings. The van der Waals surface area contributed by atoms with Gasteiger partial charge in [0.25, 0.3) is 5.91 Å². The van der Waals surface area contributed by atoms with Crippen molar-refractivity contribution in [1.82, 2.24) is 10.6 Å². The lowest BCUT2D eigenvalue weighted by Crippen LogP contribution is -2.43. The molecule has 0 spiro atoms. The van der Waals surface area contributed by atoms with Gasteiger partial charge in [-0.25, -0.2) is 0 Å². The van der Waals surface area contributed by atoms with Gasteiger partial charge in [0, 0.05) is 12.6 Å². The van der Waals surface area contributed by atoms with Gasteiger partial charge in [0.05, 0.1) is 5.56 Å². The van der Waals surface area contributed by atoms with E-state index in [1.165, 1.54) is 12.8 Å². The normalized spacial score (nSPS) is 20.3. The third-order valence-corrected chi connectivity index (χ3v) is 3.73. The Labute approximate surface area is 130 Å². The van der Waals surface area contributed by atoms with Gasteiger partial charge >= 0.3 is 0 Å². The summed E-state index contributed by atoms with van der Waals surface area (Å²) in [7, 11) is 0. The van der Waals surface area contributed by atoms with Crippen LogP contribution in [0.25, 0.3) is 0 Å². The van der Waals surface area contributed by atoms with Crippen molar-refractivity contribution >= 4 is 18.3 Å². The molecule has 3 rings (SSSR count). The Morgan fingerprint density at radius 2 is 2.14 bits per heavy atom. The summed E-state index contributed by atoms with van der Waals surface area (Å²) < 4.78 is 11.1. The average molecular weight is 313 g/mol. The molecule has 1 atom stereocenters. The molecule has 0 saturated carbocycles. The predicted molar refractivity (Wildman–Crippen MR) is 82.7 cm³/mol. The van der Waals surface area contributed by atoms with Crippen molar-refractivity contribution in [1.29, 1.82) is 0 Å². The number of halogens is 1. The lowest BCUT2D eigenvalue weighted by Gasteiger charge is -2.24. The molecule has 1 amide bonds. The minimum absolute atomic E-state index is 0. The Morgan fingerprint density at radius 1 is 1.29 bits per heavy atom. The molecule has 0 aliphatic carbocycles. The molecule has 1 aromatic carbocycles. The number of carbonyl (C=O) groups is 1. The molecule has 1 fully saturated rings. The lowest BCUT2D eigenvalue weighted by atomic mass is 10.0. The molecule has 116 valence electrons. The molecule has 1 unspecified atom stereocenters. The van der Waals surface area contributed by atoms with E-state index in [0.717, 1.165) is 13.0 Å². The number of ether oxygens (including phenoxy) is 2. The van der Waals surface area contributed by atoms with E-state index in [9.17, 15) is 4.79 Å². The number of rotatable bonds is 3. The number of carbonyl (C=O) groups excluding carboxylic acids is 1. The van der Waals surface area contributed by atoms with Gasteiger partial charge in [0.2, 0.25) is 0 Å². The van der Waals surface area contributed by atoms with Gasteiger partial charge < -0.3 is 20.1 Å². The van der Waals surface area contributed by atoms with Crippen LogP contribution in [-0.4, -0.2) is 38.3 Å². The van der Waals surface area contributed by atoms with Crippen molar-refractivity contribution in [2.75, 3.05) is 26.3 Å². The SMILES string of the molecule is Cl.O=C(NCC1CCCCN1)c1cccc2c1OCCO2. The third kappa shape index (κ3) is 3.80. The molecular formula is C15H21ClN2O3. The highest BCUT2D eigenvalue weighted by molar-refractivity contribution is 5.97. The van der Waals surface area contributed by atoms with E-state index in [0.29, 0.717) is 42.9 Å². The van der Waals surface area contributed by atoms with E-state index in [-0.39, 0.29) is 18.3 Å². The second-order valence-electron chi connectivity index (χ2n) is 5.19. The Bertz CT molecular complexity index is 490.